The summed E-state index contributed by atoms with van der Waals surface area (Å²) in [6.45, 7) is 0. The second-order valence-electron chi connectivity index (χ2n) is 7.07. The fourth-order valence-electron chi connectivity index (χ4n) is 3.88. The fourth-order valence-corrected chi connectivity index (χ4v) is 3.88. The normalized spacial score (nSPS) is 16.0. The lowest BCUT2D eigenvalue weighted by Gasteiger charge is -2.35. The minimum Gasteiger partial charge on any atom is -0.445 e. The number of hydrogen-bond donors (Lipinski definition) is 0. The molecule has 0 amide bonds. The summed E-state index contributed by atoms with van der Waals surface area (Å²) in [4.78, 5) is 0. The zero-order chi connectivity index (χ0) is 17.8. The zero-order valence-electron chi connectivity index (χ0n) is 14.6. The molecule has 4 aromatic carbocycles. The Morgan fingerprint density at radius 1 is 0.519 bits per heavy atom. The minimum atomic E-state index is -0.898. The highest BCUT2D eigenvalue weighted by Crippen LogP contribution is 2.40. The topological polar surface area (TPSA) is 18.5 Å². The van der Waals surface area contributed by atoms with E-state index < -0.39 is 5.79 Å². The van der Waals surface area contributed by atoms with Gasteiger partial charge in [0.2, 0.25) is 0 Å². The Morgan fingerprint density at radius 2 is 0.926 bits per heavy atom. The van der Waals surface area contributed by atoms with Crippen LogP contribution < -0.4 is 9.47 Å². The van der Waals surface area contributed by atoms with Gasteiger partial charge in [-0.25, -0.2) is 0 Å². The van der Waals surface area contributed by atoms with Crippen molar-refractivity contribution in [2.45, 2.75) is 5.79 Å². The maximum absolute atomic E-state index is 6.34. The molecule has 2 nitrogen and oxygen atoms in total. The number of rotatable bonds is 0. The van der Waals surface area contributed by atoms with Crippen LogP contribution in [-0.4, -0.2) is 5.79 Å². The highest BCUT2D eigenvalue weighted by molar-refractivity contribution is 5.89. The molecule has 2 aliphatic heterocycles. The van der Waals surface area contributed by atoms with Crippen LogP contribution in [0.15, 0.2) is 84.9 Å². The molecular formula is C25H16O2. The molecule has 27 heavy (non-hydrogen) atoms. The van der Waals surface area contributed by atoms with E-state index in [2.05, 4.69) is 72.8 Å². The van der Waals surface area contributed by atoms with Gasteiger partial charge in [-0.3, -0.25) is 0 Å². The van der Waals surface area contributed by atoms with Gasteiger partial charge in [-0.1, -0.05) is 48.5 Å². The van der Waals surface area contributed by atoms with E-state index in [-0.39, 0.29) is 0 Å². The largest absolute Gasteiger partial charge is 0.445 e. The molecule has 0 atom stereocenters. The Balaban J connectivity index is 1.44. The Morgan fingerprint density at radius 3 is 1.37 bits per heavy atom. The molecule has 2 aliphatic rings. The van der Waals surface area contributed by atoms with Gasteiger partial charge in [0.15, 0.2) is 0 Å². The summed E-state index contributed by atoms with van der Waals surface area (Å²) in [5.74, 6) is 0.778. The predicted octanol–water partition coefficient (Wildman–Crippen LogP) is 6.20. The summed E-state index contributed by atoms with van der Waals surface area (Å²) >= 11 is 0. The smallest absolute Gasteiger partial charge is 0.291 e. The molecule has 0 N–H and O–H groups in total. The molecule has 0 bridgehead atoms. The van der Waals surface area contributed by atoms with Gasteiger partial charge < -0.3 is 9.47 Å². The first kappa shape index (κ1) is 14.6. The maximum Gasteiger partial charge on any atom is 0.291 e. The van der Waals surface area contributed by atoms with Crippen LogP contribution >= 0.6 is 0 Å². The van der Waals surface area contributed by atoms with E-state index in [1.807, 2.05) is 24.3 Å². The first-order valence-corrected chi connectivity index (χ1v) is 9.10. The van der Waals surface area contributed by atoms with E-state index in [9.17, 15) is 0 Å². The van der Waals surface area contributed by atoms with Gasteiger partial charge in [-0.2, -0.15) is 0 Å². The van der Waals surface area contributed by atoms with Crippen molar-refractivity contribution in [2.75, 3.05) is 0 Å². The molecule has 0 fully saturated rings. The van der Waals surface area contributed by atoms with Crippen LogP contribution in [0.25, 0.3) is 33.7 Å². The second kappa shape index (κ2) is 5.24. The summed E-state index contributed by atoms with van der Waals surface area (Å²) in [6, 6.07) is 25.1. The van der Waals surface area contributed by atoms with Crippen molar-refractivity contribution in [1.82, 2.24) is 0 Å². The second-order valence-corrected chi connectivity index (χ2v) is 7.07. The number of ether oxygens (including phenoxy) is 2. The van der Waals surface area contributed by atoms with E-state index in [1.165, 1.54) is 10.8 Å². The van der Waals surface area contributed by atoms with Gasteiger partial charge in [-0.05, 0) is 58.0 Å². The molecule has 2 heterocycles. The molecular weight excluding hydrogens is 332 g/mol. The fraction of sp³-hybridized carbons (Fsp3) is 0.0400. The van der Waals surface area contributed by atoms with Crippen LogP contribution in [0.3, 0.4) is 0 Å². The average molecular weight is 348 g/mol. The van der Waals surface area contributed by atoms with Gasteiger partial charge in [0.05, 0.1) is 0 Å². The number of fused-ring (bicyclic) bond motifs is 4. The van der Waals surface area contributed by atoms with Crippen LogP contribution in [0.2, 0.25) is 0 Å². The summed E-state index contributed by atoms with van der Waals surface area (Å²) in [5, 5.41) is 4.73. The minimum absolute atomic E-state index is 0.838. The summed E-state index contributed by atoms with van der Waals surface area (Å²) < 4.78 is 12.7. The predicted molar refractivity (Wildman–Crippen MR) is 110 cm³/mol. The van der Waals surface area contributed by atoms with Crippen molar-refractivity contribution in [3.8, 4) is 11.5 Å². The van der Waals surface area contributed by atoms with Gasteiger partial charge in [0, 0.05) is 23.3 Å². The van der Waals surface area contributed by atoms with Gasteiger partial charge in [-0.15, -0.1) is 0 Å². The summed E-state index contributed by atoms with van der Waals surface area (Å²) in [7, 11) is 0. The van der Waals surface area contributed by atoms with Gasteiger partial charge in [0.25, 0.3) is 5.79 Å². The summed E-state index contributed by atoms with van der Waals surface area (Å²) in [5.41, 5.74) is 2.14. The monoisotopic (exact) mass is 348 g/mol. The third-order valence-electron chi connectivity index (χ3n) is 5.29. The van der Waals surface area contributed by atoms with Crippen molar-refractivity contribution in [1.29, 1.82) is 0 Å². The molecule has 0 aromatic heterocycles. The van der Waals surface area contributed by atoms with Crippen LogP contribution in [0.5, 0.6) is 11.5 Å². The number of hydrogen-bond acceptors (Lipinski definition) is 2. The molecule has 0 radical (unpaired) electrons. The van der Waals surface area contributed by atoms with Gasteiger partial charge >= 0.3 is 0 Å². The van der Waals surface area contributed by atoms with Crippen molar-refractivity contribution < 1.29 is 9.47 Å². The third-order valence-corrected chi connectivity index (χ3v) is 5.29. The lowest BCUT2D eigenvalue weighted by atomic mass is 9.99. The SMILES string of the molecule is C1=CC2(C=Cc3cc4ccccc4cc3O2)Oc2cc3ccccc3cc21. The van der Waals surface area contributed by atoms with E-state index >= 15 is 0 Å². The molecule has 0 unspecified atom stereocenters. The van der Waals surface area contributed by atoms with Crippen LogP contribution in [0.1, 0.15) is 11.1 Å². The van der Waals surface area contributed by atoms with Gasteiger partial charge in [0.1, 0.15) is 11.5 Å². The Bertz CT molecular complexity index is 1180. The van der Waals surface area contributed by atoms with E-state index in [0.717, 1.165) is 33.4 Å². The van der Waals surface area contributed by atoms with E-state index in [4.69, 9.17) is 9.47 Å². The van der Waals surface area contributed by atoms with Crippen LogP contribution in [0, 0.1) is 0 Å². The molecule has 0 saturated heterocycles. The Hall–Kier alpha value is -3.52. The molecule has 0 saturated carbocycles. The molecule has 6 rings (SSSR count). The quantitative estimate of drug-likeness (QED) is 0.377. The number of benzene rings is 4. The maximum atomic E-state index is 6.34. The van der Waals surface area contributed by atoms with Crippen LogP contribution in [0.4, 0.5) is 0 Å². The van der Waals surface area contributed by atoms with E-state index in [0.29, 0.717) is 0 Å². The van der Waals surface area contributed by atoms with Crippen LogP contribution in [-0.2, 0) is 0 Å². The molecule has 0 aliphatic carbocycles. The Labute approximate surface area is 157 Å². The highest BCUT2D eigenvalue weighted by Gasteiger charge is 2.35. The lowest BCUT2D eigenvalue weighted by molar-refractivity contribution is -0.0305. The zero-order valence-corrected chi connectivity index (χ0v) is 14.6. The van der Waals surface area contributed by atoms with Crippen molar-refractivity contribution >= 4 is 33.7 Å². The lowest BCUT2D eigenvalue weighted by Crippen LogP contribution is -2.41. The molecule has 128 valence electrons. The molecule has 1 spiro atoms. The third kappa shape index (κ3) is 2.27. The average Bonchev–Trinajstić information content (AvgIpc) is 2.71. The van der Waals surface area contributed by atoms with Crippen molar-refractivity contribution in [2.24, 2.45) is 0 Å². The summed E-state index contributed by atoms with van der Waals surface area (Å²) in [6.07, 6.45) is 8.14. The van der Waals surface area contributed by atoms with Crippen molar-refractivity contribution in [3.63, 3.8) is 0 Å². The standard InChI is InChI=1S/C25H16O2/c1-3-7-19-15-23-21(13-17(19)5-1)9-11-25(26-23)12-10-22-14-18-6-2-4-8-20(18)16-24(22)27-25/h1-16H. The Kier molecular flexibility index (Phi) is 2.84. The highest BCUT2D eigenvalue weighted by atomic mass is 16.7. The van der Waals surface area contributed by atoms with E-state index in [1.54, 1.807) is 0 Å². The first-order chi connectivity index (χ1) is 13.3. The van der Waals surface area contributed by atoms with Crippen molar-refractivity contribution in [3.05, 3.63) is 96.1 Å². The first-order valence-electron chi connectivity index (χ1n) is 9.10. The molecule has 2 heteroatoms. The molecule has 4 aromatic rings.